The molecule has 11 heavy (non-hydrogen) atoms. The molecule has 3 heteroatoms. The van der Waals surface area contributed by atoms with E-state index in [9.17, 15) is 0 Å². The fourth-order valence-electron chi connectivity index (χ4n) is 1.42. The lowest BCUT2D eigenvalue weighted by molar-refractivity contribution is -0.0328. The molecule has 0 aromatic rings. The van der Waals surface area contributed by atoms with Gasteiger partial charge >= 0.3 is 0 Å². The van der Waals surface area contributed by atoms with Gasteiger partial charge < -0.3 is 9.47 Å². The Labute approximate surface area is 68.1 Å². The number of hydrogen-bond acceptors (Lipinski definition) is 2. The summed E-state index contributed by atoms with van der Waals surface area (Å²) in [5.74, 6) is 0. The van der Waals surface area contributed by atoms with E-state index in [1.54, 1.807) is 14.2 Å². The largest absolute Gasteiger partial charge is 0.379 e. The van der Waals surface area contributed by atoms with Crippen molar-refractivity contribution in [2.45, 2.75) is 25.0 Å². The Hall–Kier alpha value is -0.120. The number of rotatable bonds is 2. The second-order valence-corrected chi connectivity index (χ2v) is 2.82. The van der Waals surface area contributed by atoms with Crippen molar-refractivity contribution >= 4 is 0 Å². The Bertz CT molecular complexity index is 96.3. The molecule has 0 bridgehead atoms. The SMILES string of the molecule is COC1CCC[N]CC1OC. The molecule has 3 nitrogen and oxygen atoms in total. The maximum atomic E-state index is 5.29. The van der Waals surface area contributed by atoms with Crippen LogP contribution in [0.3, 0.4) is 0 Å². The molecule has 1 rings (SSSR count). The maximum absolute atomic E-state index is 5.29. The standard InChI is InChI=1S/C8H16NO2/c1-10-7-4-3-5-9-6-8(7)11-2/h7-8H,3-6H2,1-2H3. The third-order valence-corrected chi connectivity index (χ3v) is 2.13. The summed E-state index contributed by atoms with van der Waals surface area (Å²) < 4.78 is 10.5. The molecular formula is C8H16NO2. The minimum atomic E-state index is 0.169. The van der Waals surface area contributed by atoms with Crippen LogP contribution in [-0.2, 0) is 9.47 Å². The van der Waals surface area contributed by atoms with Gasteiger partial charge in [0.25, 0.3) is 0 Å². The van der Waals surface area contributed by atoms with Crippen molar-refractivity contribution < 1.29 is 9.47 Å². The Morgan fingerprint density at radius 3 is 2.55 bits per heavy atom. The topological polar surface area (TPSA) is 32.6 Å². The Morgan fingerprint density at radius 1 is 1.18 bits per heavy atom. The van der Waals surface area contributed by atoms with Crippen LogP contribution in [0.25, 0.3) is 0 Å². The van der Waals surface area contributed by atoms with E-state index in [-0.39, 0.29) is 12.2 Å². The zero-order chi connectivity index (χ0) is 8.10. The molecule has 2 unspecified atom stereocenters. The predicted molar refractivity (Wildman–Crippen MR) is 42.7 cm³/mol. The summed E-state index contributed by atoms with van der Waals surface area (Å²) in [7, 11) is 3.46. The average Bonchev–Trinajstić information content (AvgIpc) is 2.27. The lowest BCUT2D eigenvalue weighted by Crippen LogP contribution is -2.33. The van der Waals surface area contributed by atoms with E-state index < -0.39 is 0 Å². The number of hydrogen-bond donors (Lipinski definition) is 0. The van der Waals surface area contributed by atoms with E-state index in [0.717, 1.165) is 25.9 Å². The molecule has 0 amide bonds. The summed E-state index contributed by atoms with van der Waals surface area (Å²) in [5.41, 5.74) is 0. The average molecular weight is 158 g/mol. The van der Waals surface area contributed by atoms with Gasteiger partial charge in [-0.3, -0.25) is 0 Å². The first-order valence-corrected chi connectivity index (χ1v) is 4.07. The maximum Gasteiger partial charge on any atom is 0.0973 e. The molecule has 0 aromatic heterocycles. The minimum Gasteiger partial charge on any atom is -0.379 e. The van der Waals surface area contributed by atoms with E-state index in [2.05, 4.69) is 5.32 Å². The van der Waals surface area contributed by atoms with Crippen LogP contribution in [0.4, 0.5) is 0 Å². The van der Waals surface area contributed by atoms with Crippen molar-refractivity contribution in [2.75, 3.05) is 27.3 Å². The molecule has 1 radical (unpaired) electrons. The lowest BCUT2D eigenvalue weighted by Gasteiger charge is -2.21. The second-order valence-electron chi connectivity index (χ2n) is 2.82. The van der Waals surface area contributed by atoms with Gasteiger partial charge in [-0.25, -0.2) is 5.32 Å². The molecular weight excluding hydrogens is 142 g/mol. The van der Waals surface area contributed by atoms with Crippen LogP contribution >= 0.6 is 0 Å². The Balaban J connectivity index is 2.41. The molecule has 1 heterocycles. The summed E-state index contributed by atoms with van der Waals surface area (Å²) in [6, 6.07) is 0. The minimum absolute atomic E-state index is 0.169. The summed E-state index contributed by atoms with van der Waals surface area (Å²) in [6.07, 6.45) is 2.60. The van der Waals surface area contributed by atoms with Gasteiger partial charge in [0.05, 0.1) is 12.2 Å². The van der Waals surface area contributed by atoms with Gasteiger partial charge in [0.15, 0.2) is 0 Å². The van der Waals surface area contributed by atoms with Gasteiger partial charge in [0.2, 0.25) is 0 Å². The molecule has 1 fully saturated rings. The quantitative estimate of drug-likeness (QED) is 0.583. The van der Waals surface area contributed by atoms with Gasteiger partial charge in [-0.15, -0.1) is 0 Å². The van der Waals surface area contributed by atoms with Crippen molar-refractivity contribution in [3.63, 3.8) is 0 Å². The Morgan fingerprint density at radius 2 is 1.91 bits per heavy atom. The van der Waals surface area contributed by atoms with Crippen LogP contribution in [0.1, 0.15) is 12.8 Å². The molecule has 1 aliphatic rings. The number of methoxy groups -OCH3 is 2. The zero-order valence-corrected chi connectivity index (χ0v) is 7.25. The first-order chi connectivity index (χ1) is 5.38. The van der Waals surface area contributed by atoms with Gasteiger partial charge in [-0.05, 0) is 12.8 Å². The van der Waals surface area contributed by atoms with Gasteiger partial charge in [-0.1, -0.05) is 0 Å². The highest BCUT2D eigenvalue weighted by molar-refractivity contribution is 4.76. The van der Waals surface area contributed by atoms with Crippen molar-refractivity contribution in [1.82, 2.24) is 5.32 Å². The number of ether oxygens (including phenoxy) is 2. The zero-order valence-electron chi connectivity index (χ0n) is 7.25. The summed E-state index contributed by atoms with van der Waals surface area (Å²) in [4.78, 5) is 0. The van der Waals surface area contributed by atoms with Crippen molar-refractivity contribution in [3.05, 3.63) is 0 Å². The molecule has 2 atom stereocenters. The van der Waals surface area contributed by atoms with Crippen LogP contribution in [-0.4, -0.2) is 39.5 Å². The summed E-state index contributed by atoms with van der Waals surface area (Å²) >= 11 is 0. The van der Waals surface area contributed by atoms with E-state index >= 15 is 0 Å². The molecule has 0 saturated carbocycles. The predicted octanol–water partition coefficient (Wildman–Crippen LogP) is 0.415. The van der Waals surface area contributed by atoms with Crippen molar-refractivity contribution in [3.8, 4) is 0 Å². The fourth-order valence-corrected chi connectivity index (χ4v) is 1.42. The second kappa shape index (κ2) is 4.70. The van der Waals surface area contributed by atoms with Gasteiger partial charge in [0, 0.05) is 27.3 Å². The molecule has 1 saturated heterocycles. The fraction of sp³-hybridized carbons (Fsp3) is 1.00. The van der Waals surface area contributed by atoms with E-state index in [1.807, 2.05) is 0 Å². The molecule has 0 spiro atoms. The van der Waals surface area contributed by atoms with Crippen LogP contribution in [0.5, 0.6) is 0 Å². The van der Waals surface area contributed by atoms with E-state index in [4.69, 9.17) is 9.47 Å². The van der Waals surface area contributed by atoms with Crippen molar-refractivity contribution in [2.24, 2.45) is 0 Å². The first kappa shape index (κ1) is 8.97. The van der Waals surface area contributed by atoms with E-state index in [0.29, 0.717) is 0 Å². The molecule has 0 aliphatic carbocycles. The van der Waals surface area contributed by atoms with Crippen molar-refractivity contribution in [1.29, 1.82) is 0 Å². The third kappa shape index (κ3) is 2.43. The summed E-state index contributed by atoms with van der Waals surface area (Å²) in [5, 5.41) is 4.32. The smallest absolute Gasteiger partial charge is 0.0973 e. The first-order valence-electron chi connectivity index (χ1n) is 4.07. The van der Waals surface area contributed by atoms with E-state index in [1.165, 1.54) is 0 Å². The van der Waals surface area contributed by atoms with Crippen LogP contribution in [0.15, 0.2) is 0 Å². The van der Waals surface area contributed by atoms with Crippen LogP contribution < -0.4 is 5.32 Å². The van der Waals surface area contributed by atoms with Crippen LogP contribution in [0.2, 0.25) is 0 Å². The normalized spacial score (nSPS) is 33.3. The monoisotopic (exact) mass is 158 g/mol. The molecule has 0 N–H and O–H groups in total. The Kier molecular flexibility index (Phi) is 3.83. The van der Waals surface area contributed by atoms with Crippen LogP contribution in [0, 0.1) is 0 Å². The highest BCUT2D eigenvalue weighted by atomic mass is 16.5. The highest BCUT2D eigenvalue weighted by Gasteiger charge is 2.22. The number of nitrogens with zero attached hydrogens (tertiary/aromatic N) is 1. The van der Waals surface area contributed by atoms with Gasteiger partial charge in [0.1, 0.15) is 0 Å². The summed E-state index contributed by atoms with van der Waals surface area (Å²) in [6.45, 7) is 1.74. The molecule has 0 aromatic carbocycles. The third-order valence-electron chi connectivity index (χ3n) is 2.13. The molecule has 65 valence electrons. The van der Waals surface area contributed by atoms with Gasteiger partial charge in [-0.2, -0.15) is 0 Å². The molecule has 1 aliphatic heterocycles. The lowest BCUT2D eigenvalue weighted by atomic mass is 10.1. The highest BCUT2D eigenvalue weighted by Crippen LogP contribution is 2.11.